The Kier molecular flexibility index (Phi) is 3.41. The molecule has 1 N–H and O–H groups in total. The van der Waals surface area contributed by atoms with Gasteiger partial charge in [-0.25, -0.2) is 4.79 Å². The van der Waals surface area contributed by atoms with Crippen LogP contribution in [0.5, 0.6) is 0 Å². The van der Waals surface area contributed by atoms with Crippen molar-refractivity contribution in [1.29, 1.82) is 0 Å². The molecular formula is C17H15NO4. The maximum Gasteiger partial charge on any atom is 0.338 e. The number of cyclic esters (lactones) is 1. The average Bonchev–Trinajstić information content (AvgIpc) is 2.79. The molecular weight excluding hydrogens is 282 g/mol. The Bertz CT molecular complexity index is 784. The molecule has 1 aliphatic carbocycles. The molecule has 0 amide bonds. The summed E-state index contributed by atoms with van der Waals surface area (Å²) in [5, 5.41) is 9.98. The summed E-state index contributed by atoms with van der Waals surface area (Å²) in [5.74, 6) is -0.575. The zero-order valence-corrected chi connectivity index (χ0v) is 12.3. The van der Waals surface area contributed by atoms with Gasteiger partial charge in [0.05, 0.1) is 22.5 Å². The van der Waals surface area contributed by atoms with Crippen LogP contribution in [0.2, 0.25) is 0 Å². The van der Waals surface area contributed by atoms with Crippen LogP contribution in [0.1, 0.15) is 36.2 Å². The van der Waals surface area contributed by atoms with Crippen LogP contribution in [0, 0.1) is 0 Å². The summed E-state index contributed by atoms with van der Waals surface area (Å²) in [5.41, 5.74) is 3.36. The van der Waals surface area contributed by atoms with E-state index in [4.69, 9.17) is 4.74 Å². The molecule has 0 saturated heterocycles. The zero-order valence-electron chi connectivity index (χ0n) is 12.3. The predicted molar refractivity (Wildman–Crippen MR) is 81.4 cm³/mol. The first-order chi connectivity index (χ1) is 10.5. The van der Waals surface area contributed by atoms with Gasteiger partial charge in [-0.05, 0) is 32.1 Å². The van der Waals surface area contributed by atoms with Crippen LogP contribution >= 0.6 is 0 Å². The number of aliphatic hydroxyl groups is 1. The van der Waals surface area contributed by atoms with E-state index in [9.17, 15) is 14.7 Å². The second-order valence-corrected chi connectivity index (χ2v) is 5.47. The SMILES string of the molecule is CC1=CC(O)=C(C(C)=Nc2ccc3c(c2)C(=O)OC3)C(=O)C1. The summed E-state index contributed by atoms with van der Waals surface area (Å²) in [7, 11) is 0. The van der Waals surface area contributed by atoms with E-state index in [0.29, 0.717) is 17.0 Å². The van der Waals surface area contributed by atoms with Crippen molar-refractivity contribution in [1.82, 2.24) is 0 Å². The number of carbonyl (C=O) groups excluding carboxylic acids is 2. The normalized spacial score (nSPS) is 18.3. The lowest BCUT2D eigenvalue weighted by Gasteiger charge is -2.13. The van der Waals surface area contributed by atoms with Gasteiger partial charge in [-0.15, -0.1) is 0 Å². The van der Waals surface area contributed by atoms with Crippen LogP contribution in [0.15, 0.2) is 46.2 Å². The molecule has 5 nitrogen and oxygen atoms in total. The van der Waals surface area contributed by atoms with E-state index in [1.165, 1.54) is 0 Å². The maximum absolute atomic E-state index is 12.1. The van der Waals surface area contributed by atoms with E-state index in [1.807, 2.05) is 0 Å². The molecule has 112 valence electrons. The molecule has 0 saturated carbocycles. The molecule has 0 bridgehead atoms. The summed E-state index contributed by atoms with van der Waals surface area (Å²) >= 11 is 0. The topological polar surface area (TPSA) is 76.0 Å². The van der Waals surface area contributed by atoms with Crippen LogP contribution in [-0.4, -0.2) is 22.6 Å². The van der Waals surface area contributed by atoms with E-state index >= 15 is 0 Å². The predicted octanol–water partition coefficient (Wildman–Crippen LogP) is 3.18. The second-order valence-electron chi connectivity index (χ2n) is 5.47. The Morgan fingerprint density at radius 3 is 2.82 bits per heavy atom. The Morgan fingerprint density at radius 1 is 1.32 bits per heavy atom. The zero-order chi connectivity index (χ0) is 15.9. The van der Waals surface area contributed by atoms with Gasteiger partial charge in [-0.2, -0.15) is 0 Å². The molecule has 1 heterocycles. The van der Waals surface area contributed by atoms with Crippen LogP contribution < -0.4 is 0 Å². The number of hydrogen-bond acceptors (Lipinski definition) is 5. The Hall–Kier alpha value is -2.69. The third-order valence-corrected chi connectivity index (χ3v) is 3.69. The first-order valence-corrected chi connectivity index (χ1v) is 6.95. The number of aliphatic hydroxyl groups excluding tert-OH is 1. The van der Waals surface area contributed by atoms with Gasteiger partial charge in [-0.3, -0.25) is 9.79 Å². The van der Waals surface area contributed by atoms with Gasteiger partial charge in [0.2, 0.25) is 0 Å². The van der Waals surface area contributed by atoms with Crippen molar-refractivity contribution in [2.75, 3.05) is 0 Å². The third kappa shape index (κ3) is 2.45. The monoisotopic (exact) mass is 297 g/mol. The fourth-order valence-corrected chi connectivity index (χ4v) is 2.65. The van der Waals surface area contributed by atoms with Gasteiger partial charge in [-0.1, -0.05) is 11.6 Å². The first kappa shape index (κ1) is 14.3. The lowest BCUT2D eigenvalue weighted by atomic mass is 9.94. The minimum absolute atomic E-state index is 0.0597. The molecule has 5 heteroatoms. The van der Waals surface area contributed by atoms with E-state index in [0.717, 1.165) is 11.1 Å². The number of esters is 1. The molecule has 1 aromatic carbocycles. The van der Waals surface area contributed by atoms with Crippen LogP contribution in [0.3, 0.4) is 0 Å². The highest BCUT2D eigenvalue weighted by molar-refractivity contribution is 6.23. The average molecular weight is 297 g/mol. The van der Waals surface area contributed by atoms with Crippen LogP contribution in [-0.2, 0) is 16.1 Å². The van der Waals surface area contributed by atoms with Crippen molar-refractivity contribution in [3.05, 3.63) is 52.3 Å². The fourth-order valence-electron chi connectivity index (χ4n) is 2.65. The van der Waals surface area contributed by atoms with E-state index in [-0.39, 0.29) is 36.1 Å². The van der Waals surface area contributed by atoms with E-state index in [2.05, 4.69) is 4.99 Å². The highest BCUT2D eigenvalue weighted by Crippen LogP contribution is 2.27. The van der Waals surface area contributed by atoms with Gasteiger partial charge in [0, 0.05) is 12.0 Å². The molecule has 1 aliphatic heterocycles. The maximum atomic E-state index is 12.1. The summed E-state index contributed by atoms with van der Waals surface area (Å²) in [6.07, 6.45) is 1.86. The van der Waals surface area contributed by atoms with Crippen molar-refractivity contribution in [3.63, 3.8) is 0 Å². The number of rotatable bonds is 2. The molecule has 2 aliphatic rings. The number of ketones is 1. The minimum atomic E-state index is -0.362. The molecule has 0 atom stereocenters. The van der Waals surface area contributed by atoms with Crippen molar-refractivity contribution in [3.8, 4) is 0 Å². The molecule has 0 unspecified atom stereocenters. The number of fused-ring (bicyclic) bond motifs is 1. The number of aliphatic imine (C=N–C) groups is 1. The van der Waals surface area contributed by atoms with Gasteiger partial charge < -0.3 is 9.84 Å². The number of hydrogen-bond donors (Lipinski definition) is 1. The van der Waals surface area contributed by atoms with Crippen molar-refractivity contribution in [2.24, 2.45) is 4.99 Å². The summed E-state index contributed by atoms with van der Waals surface area (Å²) in [6, 6.07) is 5.18. The van der Waals surface area contributed by atoms with Gasteiger partial charge >= 0.3 is 5.97 Å². The van der Waals surface area contributed by atoms with Gasteiger partial charge in [0.15, 0.2) is 5.78 Å². The number of nitrogens with zero attached hydrogens (tertiary/aromatic N) is 1. The number of allylic oxidation sites excluding steroid dienone is 3. The highest BCUT2D eigenvalue weighted by atomic mass is 16.5. The Labute approximate surface area is 127 Å². The molecule has 22 heavy (non-hydrogen) atoms. The quantitative estimate of drug-likeness (QED) is 0.672. The minimum Gasteiger partial charge on any atom is -0.507 e. The largest absolute Gasteiger partial charge is 0.507 e. The van der Waals surface area contributed by atoms with E-state index in [1.54, 1.807) is 38.1 Å². The highest BCUT2D eigenvalue weighted by Gasteiger charge is 2.23. The molecule has 0 radical (unpaired) electrons. The first-order valence-electron chi connectivity index (χ1n) is 6.95. The second kappa shape index (κ2) is 5.26. The smallest absolute Gasteiger partial charge is 0.338 e. The molecule has 0 fully saturated rings. The fraction of sp³-hybridized carbons (Fsp3) is 0.235. The van der Waals surface area contributed by atoms with Crippen molar-refractivity contribution < 1.29 is 19.4 Å². The standard InChI is InChI=1S/C17H15NO4/c1-9-5-14(19)16(15(20)6-9)10(2)18-12-4-3-11-8-22-17(21)13(11)7-12/h3-5,7,19H,6,8H2,1-2H3. The summed E-state index contributed by atoms with van der Waals surface area (Å²) in [6.45, 7) is 3.75. The number of Topliss-reactive ketones (excluding diaryl/α,β-unsaturated/α-hetero) is 1. The summed E-state index contributed by atoms with van der Waals surface area (Å²) < 4.78 is 4.95. The molecule has 1 aromatic rings. The van der Waals surface area contributed by atoms with Gasteiger partial charge in [0.25, 0.3) is 0 Å². The van der Waals surface area contributed by atoms with E-state index < -0.39 is 0 Å². The van der Waals surface area contributed by atoms with Crippen LogP contribution in [0.4, 0.5) is 5.69 Å². The lowest BCUT2D eigenvalue weighted by Crippen LogP contribution is -2.16. The van der Waals surface area contributed by atoms with Crippen molar-refractivity contribution >= 4 is 23.2 Å². The number of benzene rings is 1. The third-order valence-electron chi connectivity index (χ3n) is 3.69. The van der Waals surface area contributed by atoms with Crippen molar-refractivity contribution in [2.45, 2.75) is 26.9 Å². The Morgan fingerprint density at radius 2 is 2.09 bits per heavy atom. The Balaban J connectivity index is 1.99. The number of carbonyl (C=O) groups is 2. The molecule has 3 rings (SSSR count). The summed E-state index contributed by atoms with van der Waals surface area (Å²) in [4.78, 5) is 28.0. The molecule has 0 aromatic heterocycles. The van der Waals surface area contributed by atoms with Gasteiger partial charge in [0.1, 0.15) is 12.4 Å². The van der Waals surface area contributed by atoms with Crippen LogP contribution in [0.25, 0.3) is 0 Å². The molecule has 0 spiro atoms. The lowest BCUT2D eigenvalue weighted by molar-refractivity contribution is -0.114. The number of ether oxygens (including phenoxy) is 1.